The number of nitro benzene ring substituents is 1. The maximum atomic E-state index is 11.0. The van der Waals surface area contributed by atoms with Crippen molar-refractivity contribution in [3.05, 3.63) is 48.9 Å². The highest BCUT2D eigenvalue weighted by molar-refractivity contribution is 9.10. The minimum Gasteiger partial charge on any atom is -0.377 e. The summed E-state index contributed by atoms with van der Waals surface area (Å²) in [5.74, 6) is 0. The van der Waals surface area contributed by atoms with E-state index < -0.39 is 0 Å². The number of anilines is 1. The summed E-state index contributed by atoms with van der Waals surface area (Å²) < 4.78 is 0.812. The van der Waals surface area contributed by atoms with Crippen LogP contribution in [0.5, 0.6) is 0 Å². The zero-order chi connectivity index (χ0) is 14.0. The molecule has 0 saturated heterocycles. The number of aromatic nitrogens is 1. The average molecular weight is 342 g/mol. The van der Waals surface area contributed by atoms with Crippen LogP contribution in [0.25, 0.3) is 0 Å². The number of hydrogen-bond acceptors (Lipinski definition) is 5. The van der Waals surface area contributed by atoms with E-state index in [-0.39, 0.29) is 16.7 Å². The molecule has 0 bridgehead atoms. The first kappa shape index (κ1) is 14.0. The van der Waals surface area contributed by atoms with Gasteiger partial charge < -0.3 is 5.32 Å². The van der Waals surface area contributed by atoms with E-state index in [2.05, 4.69) is 26.2 Å². The van der Waals surface area contributed by atoms with Crippen molar-refractivity contribution in [2.45, 2.75) is 19.9 Å². The van der Waals surface area contributed by atoms with Gasteiger partial charge in [0.15, 0.2) is 0 Å². The molecule has 1 atom stereocenters. The van der Waals surface area contributed by atoms with Crippen molar-refractivity contribution in [2.24, 2.45) is 0 Å². The Morgan fingerprint density at radius 3 is 2.84 bits per heavy atom. The fourth-order valence-electron chi connectivity index (χ4n) is 1.71. The topological polar surface area (TPSA) is 68.1 Å². The number of hydrogen-bond donors (Lipinski definition) is 1. The van der Waals surface area contributed by atoms with E-state index >= 15 is 0 Å². The van der Waals surface area contributed by atoms with Crippen molar-refractivity contribution in [1.82, 2.24) is 4.98 Å². The molecule has 0 aliphatic rings. The Hall–Kier alpha value is -1.47. The molecule has 2 rings (SSSR count). The quantitative estimate of drug-likeness (QED) is 0.665. The van der Waals surface area contributed by atoms with Gasteiger partial charge in [-0.05, 0) is 35.8 Å². The molecule has 1 heterocycles. The molecular formula is C12H12BrN3O2S. The van der Waals surface area contributed by atoms with Crippen LogP contribution in [0, 0.1) is 17.0 Å². The van der Waals surface area contributed by atoms with Crippen LogP contribution in [0.15, 0.2) is 28.3 Å². The van der Waals surface area contributed by atoms with Gasteiger partial charge in [0, 0.05) is 27.2 Å². The average Bonchev–Trinajstić information content (AvgIpc) is 2.85. The number of thiazole rings is 1. The monoisotopic (exact) mass is 341 g/mol. The standard InChI is InChI=1S/C12H12BrN3O2S/c1-7-3-9(13)10(4-11(7)16(17)18)15-8(2)12-5-14-6-19-12/h3-6,8,15H,1-2H3. The lowest BCUT2D eigenvalue weighted by molar-refractivity contribution is -0.385. The van der Waals surface area contributed by atoms with Crippen molar-refractivity contribution < 1.29 is 4.92 Å². The van der Waals surface area contributed by atoms with E-state index in [1.54, 1.807) is 42.1 Å². The van der Waals surface area contributed by atoms with Crippen molar-refractivity contribution >= 4 is 38.6 Å². The Kier molecular flexibility index (Phi) is 4.16. The Balaban J connectivity index is 2.30. The molecule has 5 nitrogen and oxygen atoms in total. The smallest absolute Gasteiger partial charge is 0.274 e. The van der Waals surface area contributed by atoms with Crippen LogP contribution in [-0.4, -0.2) is 9.91 Å². The highest BCUT2D eigenvalue weighted by Gasteiger charge is 2.16. The second-order valence-corrected chi connectivity index (χ2v) is 5.92. The van der Waals surface area contributed by atoms with Gasteiger partial charge >= 0.3 is 0 Å². The van der Waals surface area contributed by atoms with Gasteiger partial charge in [-0.25, -0.2) is 0 Å². The van der Waals surface area contributed by atoms with Crippen molar-refractivity contribution in [2.75, 3.05) is 5.32 Å². The second-order valence-electron chi connectivity index (χ2n) is 4.15. The number of aryl methyl sites for hydroxylation is 1. The number of rotatable bonds is 4. The normalized spacial score (nSPS) is 12.2. The SMILES string of the molecule is Cc1cc(Br)c(NC(C)c2cncs2)cc1[N+](=O)[O-]. The molecule has 0 fully saturated rings. The molecule has 1 unspecified atom stereocenters. The molecule has 0 amide bonds. The molecule has 7 heteroatoms. The molecule has 0 aliphatic heterocycles. The summed E-state index contributed by atoms with van der Waals surface area (Å²) in [6.45, 7) is 3.71. The fraction of sp³-hybridized carbons (Fsp3) is 0.250. The minimum absolute atomic E-state index is 0.0473. The molecule has 0 radical (unpaired) electrons. The first-order valence-electron chi connectivity index (χ1n) is 5.58. The van der Waals surface area contributed by atoms with Gasteiger partial charge in [-0.3, -0.25) is 15.1 Å². The second kappa shape index (κ2) is 5.66. The molecule has 100 valence electrons. The van der Waals surface area contributed by atoms with Gasteiger partial charge in [-0.2, -0.15) is 0 Å². The Bertz CT molecular complexity index is 601. The number of nitrogens with zero attached hydrogens (tertiary/aromatic N) is 2. The number of nitrogens with one attached hydrogen (secondary N) is 1. The Labute approximate surface area is 123 Å². The Morgan fingerprint density at radius 1 is 1.53 bits per heavy atom. The molecule has 1 N–H and O–H groups in total. The lowest BCUT2D eigenvalue weighted by atomic mass is 10.1. The van der Waals surface area contributed by atoms with Crippen molar-refractivity contribution in [1.29, 1.82) is 0 Å². The molecule has 0 aliphatic carbocycles. The molecule has 0 spiro atoms. The van der Waals surface area contributed by atoms with E-state index in [9.17, 15) is 10.1 Å². The summed E-state index contributed by atoms with van der Waals surface area (Å²) >= 11 is 4.97. The highest BCUT2D eigenvalue weighted by atomic mass is 79.9. The maximum Gasteiger partial charge on any atom is 0.274 e. The predicted molar refractivity (Wildman–Crippen MR) is 79.7 cm³/mol. The maximum absolute atomic E-state index is 11.0. The first-order chi connectivity index (χ1) is 8.99. The van der Waals surface area contributed by atoms with Crippen LogP contribution in [0.4, 0.5) is 11.4 Å². The van der Waals surface area contributed by atoms with Gasteiger partial charge in [-0.15, -0.1) is 11.3 Å². The van der Waals surface area contributed by atoms with Gasteiger partial charge in [-0.1, -0.05) is 0 Å². The Morgan fingerprint density at radius 2 is 2.26 bits per heavy atom. The molecule has 1 aromatic carbocycles. The molecule has 0 saturated carbocycles. The van der Waals surface area contributed by atoms with Gasteiger partial charge in [0.2, 0.25) is 0 Å². The molecule has 1 aromatic heterocycles. The fourth-order valence-corrected chi connectivity index (χ4v) is 2.91. The van der Waals surface area contributed by atoms with Crippen LogP contribution in [0.1, 0.15) is 23.4 Å². The third-order valence-electron chi connectivity index (χ3n) is 2.73. The van der Waals surface area contributed by atoms with E-state index in [1.165, 1.54) is 0 Å². The molecular weight excluding hydrogens is 330 g/mol. The third kappa shape index (κ3) is 3.10. The highest BCUT2D eigenvalue weighted by Crippen LogP contribution is 2.33. The first-order valence-corrected chi connectivity index (χ1v) is 7.25. The van der Waals surface area contributed by atoms with Crippen LogP contribution in [0.2, 0.25) is 0 Å². The molecule has 2 aromatic rings. The van der Waals surface area contributed by atoms with E-state index in [0.29, 0.717) is 11.3 Å². The zero-order valence-corrected chi connectivity index (χ0v) is 12.8. The number of nitro groups is 1. The summed E-state index contributed by atoms with van der Waals surface area (Å²) in [6, 6.07) is 3.35. The minimum atomic E-state index is -0.371. The third-order valence-corrected chi connectivity index (χ3v) is 4.35. The zero-order valence-electron chi connectivity index (χ0n) is 10.4. The predicted octanol–water partition coefficient (Wildman–Crippen LogP) is 4.30. The summed E-state index contributed by atoms with van der Waals surface area (Å²) in [5.41, 5.74) is 3.22. The van der Waals surface area contributed by atoms with Crippen LogP contribution in [-0.2, 0) is 0 Å². The van der Waals surface area contributed by atoms with E-state index in [0.717, 1.165) is 9.35 Å². The van der Waals surface area contributed by atoms with Crippen LogP contribution < -0.4 is 5.32 Å². The van der Waals surface area contributed by atoms with Crippen LogP contribution in [0.3, 0.4) is 0 Å². The van der Waals surface area contributed by atoms with Gasteiger partial charge in [0.25, 0.3) is 5.69 Å². The van der Waals surface area contributed by atoms with Gasteiger partial charge in [0.1, 0.15) is 0 Å². The molecule has 19 heavy (non-hydrogen) atoms. The lowest BCUT2D eigenvalue weighted by Gasteiger charge is -2.15. The van der Waals surface area contributed by atoms with Crippen LogP contribution >= 0.6 is 27.3 Å². The van der Waals surface area contributed by atoms with Crippen molar-refractivity contribution in [3.63, 3.8) is 0 Å². The lowest BCUT2D eigenvalue weighted by Crippen LogP contribution is -2.06. The summed E-state index contributed by atoms with van der Waals surface area (Å²) in [7, 11) is 0. The largest absolute Gasteiger partial charge is 0.377 e. The number of benzene rings is 1. The van der Waals surface area contributed by atoms with E-state index in [1.807, 2.05) is 6.92 Å². The van der Waals surface area contributed by atoms with Crippen molar-refractivity contribution in [3.8, 4) is 0 Å². The summed E-state index contributed by atoms with van der Waals surface area (Å²) in [4.78, 5) is 15.7. The number of halogens is 1. The summed E-state index contributed by atoms with van der Waals surface area (Å²) in [6.07, 6.45) is 1.79. The summed E-state index contributed by atoms with van der Waals surface area (Å²) in [5, 5.41) is 14.2. The van der Waals surface area contributed by atoms with Gasteiger partial charge in [0.05, 0.1) is 22.2 Å². The van der Waals surface area contributed by atoms with E-state index in [4.69, 9.17) is 0 Å².